The predicted octanol–water partition coefficient (Wildman–Crippen LogP) is 3.70. The molecule has 2 nitrogen and oxygen atoms in total. The second-order valence-corrected chi connectivity index (χ2v) is 3.62. The molecule has 0 bridgehead atoms. The van der Waals surface area contributed by atoms with Crippen molar-refractivity contribution in [1.29, 1.82) is 0 Å². The quantitative estimate of drug-likeness (QED) is 0.834. The Labute approximate surface area is 96.8 Å². The van der Waals surface area contributed by atoms with Crippen LogP contribution in [0.2, 0.25) is 0 Å². The third kappa shape index (κ3) is 2.36. The van der Waals surface area contributed by atoms with Gasteiger partial charge in [0.25, 0.3) is 6.43 Å². The fourth-order valence-corrected chi connectivity index (χ4v) is 1.56. The lowest BCUT2D eigenvalue weighted by atomic mass is 10.0. The molecule has 0 saturated heterocycles. The molecule has 2 rings (SSSR count). The molecular formula is C13H10F2O2. The van der Waals surface area contributed by atoms with Gasteiger partial charge in [-0.05, 0) is 35.4 Å². The molecular weight excluding hydrogens is 226 g/mol. The second-order valence-electron chi connectivity index (χ2n) is 3.62. The first kappa shape index (κ1) is 11.4. The molecule has 0 amide bonds. The van der Waals surface area contributed by atoms with Gasteiger partial charge in [0.05, 0.1) is 5.56 Å². The van der Waals surface area contributed by atoms with Crippen LogP contribution in [0, 0.1) is 0 Å². The maximum atomic E-state index is 12.6. The molecule has 0 spiro atoms. The van der Waals surface area contributed by atoms with Crippen molar-refractivity contribution in [3.63, 3.8) is 0 Å². The van der Waals surface area contributed by atoms with E-state index in [2.05, 4.69) is 0 Å². The van der Waals surface area contributed by atoms with Crippen LogP contribution in [0.3, 0.4) is 0 Å². The molecule has 0 aliphatic rings. The van der Waals surface area contributed by atoms with Crippen LogP contribution in [0.1, 0.15) is 12.0 Å². The maximum absolute atomic E-state index is 12.6. The molecule has 0 atom stereocenters. The van der Waals surface area contributed by atoms with E-state index in [0.717, 1.165) is 0 Å². The van der Waals surface area contributed by atoms with Crippen molar-refractivity contribution in [2.75, 3.05) is 0 Å². The smallest absolute Gasteiger partial charge is 0.267 e. The standard InChI is InChI=1S/C13H10F2O2/c14-13(15)11-7-9(3-6-12(11)17)8-1-4-10(16)5-2-8/h1-7,13,16-17H. The molecule has 0 saturated carbocycles. The molecule has 2 N–H and O–H groups in total. The number of rotatable bonds is 2. The highest BCUT2D eigenvalue weighted by molar-refractivity contribution is 5.66. The normalized spacial score (nSPS) is 10.8. The average Bonchev–Trinajstić information content (AvgIpc) is 2.30. The third-order valence-corrected chi connectivity index (χ3v) is 2.46. The summed E-state index contributed by atoms with van der Waals surface area (Å²) in [6.45, 7) is 0. The van der Waals surface area contributed by atoms with Gasteiger partial charge in [-0.2, -0.15) is 0 Å². The van der Waals surface area contributed by atoms with E-state index in [1.807, 2.05) is 0 Å². The molecule has 0 fully saturated rings. The molecule has 88 valence electrons. The number of halogens is 2. The van der Waals surface area contributed by atoms with Gasteiger partial charge >= 0.3 is 0 Å². The number of alkyl halides is 2. The molecule has 0 aliphatic heterocycles. The number of hydrogen-bond donors (Lipinski definition) is 2. The van der Waals surface area contributed by atoms with E-state index >= 15 is 0 Å². The van der Waals surface area contributed by atoms with Crippen molar-refractivity contribution in [1.82, 2.24) is 0 Å². The number of benzene rings is 2. The highest BCUT2D eigenvalue weighted by Gasteiger charge is 2.13. The summed E-state index contributed by atoms with van der Waals surface area (Å²) in [5.41, 5.74) is 0.873. The molecule has 0 radical (unpaired) electrons. The summed E-state index contributed by atoms with van der Waals surface area (Å²) < 4.78 is 25.2. The van der Waals surface area contributed by atoms with E-state index in [0.29, 0.717) is 11.1 Å². The van der Waals surface area contributed by atoms with E-state index in [1.54, 1.807) is 18.2 Å². The van der Waals surface area contributed by atoms with Gasteiger partial charge < -0.3 is 10.2 Å². The average molecular weight is 236 g/mol. The first-order chi connectivity index (χ1) is 8.08. The van der Waals surface area contributed by atoms with Crippen molar-refractivity contribution >= 4 is 0 Å². The topological polar surface area (TPSA) is 40.5 Å². The number of phenols is 2. The summed E-state index contributed by atoms with van der Waals surface area (Å²) in [6.07, 6.45) is -2.72. The Balaban J connectivity index is 2.46. The summed E-state index contributed by atoms with van der Waals surface area (Å²) >= 11 is 0. The van der Waals surface area contributed by atoms with Crippen LogP contribution >= 0.6 is 0 Å². The zero-order valence-electron chi connectivity index (χ0n) is 8.77. The lowest BCUT2D eigenvalue weighted by molar-refractivity contribution is 0.147. The lowest BCUT2D eigenvalue weighted by Gasteiger charge is -2.07. The van der Waals surface area contributed by atoms with E-state index < -0.39 is 17.7 Å². The largest absolute Gasteiger partial charge is 0.508 e. The van der Waals surface area contributed by atoms with Gasteiger partial charge in [0.1, 0.15) is 11.5 Å². The van der Waals surface area contributed by atoms with Gasteiger partial charge in [-0.1, -0.05) is 18.2 Å². The Morgan fingerprint density at radius 2 is 1.41 bits per heavy atom. The number of hydrogen-bond acceptors (Lipinski definition) is 2. The summed E-state index contributed by atoms with van der Waals surface area (Å²) in [7, 11) is 0. The first-order valence-electron chi connectivity index (χ1n) is 4.98. The second kappa shape index (κ2) is 4.41. The van der Waals surface area contributed by atoms with Crippen LogP contribution in [0.25, 0.3) is 11.1 Å². The Kier molecular flexibility index (Phi) is 2.95. The van der Waals surface area contributed by atoms with Gasteiger partial charge in [-0.3, -0.25) is 0 Å². The molecule has 0 aliphatic carbocycles. The molecule has 2 aromatic carbocycles. The van der Waals surface area contributed by atoms with Crippen molar-refractivity contribution in [2.45, 2.75) is 6.43 Å². The molecule has 0 aromatic heterocycles. The highest BCUT2D eigenvalue weighted by atomic mass is 19.3. The molecule has 0 unspecified atom stereocenters. The maximum Gasteiger partial charge on any atom is 0.267 e. The first-order valence-corrected chi connectivity index (χ1v) is 4.98. The Bertz CT molecular complexity index is 521. The molecule has 0 heterocycles. The predicted molar refractivity (Wildman–Crippen MR) is 60.2 cm³/mol. The van der Waals surface area contributed by atoms with Crippen molar-refractivity contribution in [3.05, 3.63) is 48.0 Å². The summed E-state index contributed by atoms with van der Waals surface area (Å²) in [5.74, 6) is -0.302. The van der Waals surface area contributed by atoms with Crippen LogP contribution in [0.4, 0.5) is 8.78 Å². The van der Waals surface area contributed by atoms with Crippen molar-refractivity contribution < 1.29 is 19.0 Å². The van der Waals surface area contributed by atoms with Crippen molar-refractivity contribution in [3.8, 4) is 22.6 Å². The fourth-order valence-electron chi connectivity index (χ4n) is 1.56. The number of phenolic OH excluding ortho intramolecular Hbond substituents is 2. The van der Waals surface area contributed by atoms with E-state index in [1.165, 1.54) is 24.3 Å². The SMILES string of the molecule is Oc1ccc(-c2ccc(O)c(C(F)F)c2)cc1. The van der Waals surface area contributed by atoms with Crippen LogP contribution in [0.5, 0.6) is 11.5 Å². The molecule has 17 heavy (non-hydrogen) atoms. The van der Waals surface area contributed by atoms with Crippen LogP contribution in [-0.4, -0.2) is 10.2 Å². The van der Waals surface area contributed by atoms with Gasteiger partial charge in [-0.15, -0.1) is 0 Å². The van der Waals surface area contributed by atoms with Crippen LogP contribution < -0.4 is 0 Å². The highest BCUT2D eigenvalue weighted by Crippen LogP contribution is 2.32. The van der Waals surface area contributed by atoms with Gasteiger partial charge in [0.2, 0.25) is 0 Å². The zero-order chi connectivity index (χ0) is 12.4. The zero-order valence-corrected chi connectivity index (χ0v) is 8.77. The van der Waals surface area contributed by atoms with Gasteiger partial charge in [-0.25, -0.2) is 8.78 Å². The van der Waals surface area contributed by atoms with Crippen molar-refractivity contribution in [2.24, 2.45) is 0 Å². The molecule has 4 heteroatoms. The minimum absolute atomic E-state index is 0.113. The fraction of sp³-hybridized carbons (Fsp3) is 0.0769. The van der Waals surface area contributed by atoms with E-state index in [9.17, 15) is 13.9 Å². The lowest BCUT2D eigenvalue weighted by Crippen LogP contribution is -1.87. The van der Waals surface area contributed by atoms with Gasteiger partial charge in [0, 0.05) is 0 Å². The minimum atomic E-state index is -2.72. The van der Waals surface area contributed by atoms with Gasteiger partial charge in [0.15, 0.2) is 0 Å². The van der Waals surface area contributed by atoms with Crippen LogP contribution in [0.15, 0.2) is 42.5 Å². The summed E-state index contributed by atoms with van der Waals surface area (Å²) in [4.78, 5) is 0. The Morgan fingerprint density at radius 3 is 2.00 bits per heavy atom. The summed E-state index contributed by atoms with van der Waals surface area (Å²) in [6, 6.07) is 10.2. The molecule has 2 aromatic rings. The minimum Gasteiger partial charge on any atom is -0.508 e. The van der Waals surface area contributed by atoms with E-state index in [-0.39, 0.29) is 5.75 Å². The third-order valence-electron chi connectivity index (χ3n) is 2.46. The number of aromatic hydroxyl groups is 2. The van der Waals surface area contributed by atoms with Crippen LogP contribution in [-0.2, 0) is 0 Å². The monoisotopic (exact) mass is 236 g/mol. The Hall–Kier alpha value is -2.10. The van der Waals surface area contributed by atoms with E-state index in [4.69, 9.17) is 5.11 Å². The Morgan fingerprint density at radius 1 is 0.824 bits per heavy atom. The summed E-state index contributed by atoms with van der Waals surface area (Å²) in [5, 5.41) is 18.4.